The molecule has 0 aliphatic rings. The summed E-state index contributed by atoms with van der Waals surface area (Å²) in [7, 11) is 0. The molecule has 28 heavy (non-hydrogen) atoms. The highest BCUT2D eigenvalue weighted by atomic mass is 35.5. The monoisotopic (exact) mass is 421 g/mol. The van der Waals surface area contributed by atoms with Gasteiger partial charge in [-0.15, -0.1) is 0 Å². The second-order valence-corrected chi connectivity index (χ2v) is 6.97. The summed E-state index contributed by atoms with van der Waals surface area (Å²) in [5, 5.41) is 21.1. The Morgan fingerprint density at radius 1 is 1.14 bits per heavy atom. The summed E-state index contributed by atoms with van der Waals surface area (Å²) < 4.78 is 2.98. The molecule has 1 amide bonds. The van der Waals surface area contributed by atoms with Crippen LogP contribution in [0.5, 0.6) is 0 Å². The zero-order valence-electron chi connectivity index (χ0n) is 15.1. The number of hydrogen-bond acceptors (Lipinski definition) is 4. The Bertz CT molecular complexity index is 1040. The number of aromatic nitrogens is 4. The third-order valence-electron chi connectivity index (χ3n) is 4.18. The summed E-state index contributed by atoms with van der Waals surface area (Å²) in [6.07, 6.45) is 1.44. The van der Waals surface area contributed by atoms with Crippen LogP contribution in [-0.4, -0.2) is 36.5 Å². The van der Waals surface area contributed by atoms with Gasteiger partial charge in [-0.1, -0.05) is 29.3 Å². The van der Waals surface area contributed by atoms with Gasteiger partial charge in [0.25, 0.3) is 0 Å². The quantitative estimate of drug-likeness (QED) is 0.634. The number of carbonyl (C=O) groups is 2. The van der Waals surface area contributed by atoms with Gasteiger partial charge < -0.3 is 10.4 Å². The number of anilines is 1. The van der Waals surface area contributed by atoms with Gasteiger partial charge >= 0.3 is 5.97 Å². The van der Waals surface area contributed by atoms with Gasteiger partial charge in [0.15, 0.2) is 5.69 Å². The third-order valence-corrected chi connectivity index (χ3v) is 4.89. The first kappa shape index (κ1) is 19.9. The maximum absolute atomic E-state index is 12.3. The van der Waals surface area contributed by atoms with Crippen LogP contribution >= 0.6 is 23.2 Å². The second-order valence-electron chi connectivity index (χ2n) is 6.16. The van der Waals surface area contributed by atoms with Crippen molar-refractivity contribution in [2.24, 2.45) is 0 Å². The van der Waals surface area contributed by atoms with E-state index in [0.29, 0.717) is 28.0 Å². The van der Waals surface area contributed by atoms with Crippen LogP contribution in [0.15, 0.2) is 30.5 Å². The van der Waals surface area contributed by atoms with E-state index in [1.807, 2.05) is 6.92 Å². The number of hydrogen-bond donors (Lipinski definition) is 2. The predicted octanol–water partition coefficient (Wildman–Crippen LogP) is 3.39. The lowest BCUT2D eigenvalue weighted by atomic mass is 10.2. The van der Waals surface area contributed by atoms with E-state index in [1.54, 1.807) is 29.8 Å². The highest BCUT2D eigenvalue weighted by Crippen LogP contribution is 2.27. The maximum atomic E-state index is 12.3. The number of carboxylic acids is 1. The lowest BCUT2D eigenvalue weighted by Gasteiger charge is -2.10. The van der Waals surface area contributed by atoms with Gasteiger partial charge in [-0.3, -0.25) is 14.2 Å². The van der Waals surface area contributed by atoms with Crippen molar-refractivity contribution < 1.29 is 14.7 Å². The van der Waals surface area contributed by atoms with E-state index >= 15 is 0 Å². The van der Waals surface area contributed by atoms with Crippen LogP contribution < -0.4 is 5.32 Å². The van der Waals surface area contributed by atoms with Crippen molar-refractivity contribution in [1.82, 2.24) is 19.6 Å². The minimum Gasteiger partial charge on any atom is -0.476 e. The normalized spacial score (nSPS) is 10.9. The summed E-state index contributed by atoms with van der Waals surface area (Å²) in [5.41, 5.74) is 2.59. The molecule has 0 saturated heterocycles. The van der Waals surface area contributed by atoms with Crippen molar-refractivity contribution in [3.63, 3.8) is 0 Å². The number of carbonyl (C=O) groups excluding carboxylic acids is 1. The molecule has 2 heterocycles. The van der Waals surface area contributed by atoms with E-state index in [9.17, 15) is 9.59 Å². The Kier molecular flexibility index (Phi) is 5.71. The Labute approximate surface area is 170 Å². The first-order chi connectivity index (χ1) is 13.3. The van der Waals surface area contributed by atoms with Crippen molar-refractivity contribution in [2.45, 2.75) is 26.9 Å². The number of aryl methyl sites for hydroxylation is 1. The smallest absolute Gasteiger partial charge is 0.356 e. The number of halogens is 2. The average molecular weight is 422 g/mol. The average Bonchev–Trinajstić information content (AvgIpc) is 3.19. The van der Waals surface area contributed by atoms with Gasteiger partial charge in [-0.25, -0.2) is 4.79 Å². The molecule has 0 aliphatic carbocycles. The molecular weight excluding hydrogens is 405 g/mol. The van der Waals surface area contributed by atoms with Gasteiger partial charge in [-0.2, -0.15) is 10.2 Å². The van der Waals surface area contributed by atoms with Crippen molar-refractivity contribution in [1.29, 1.82) is 0 Å². The van der Waals surface area contributed by atoms with Crippen molar-refractivity contribution in [3.8, 4) is 0 Å². The van der Waals surface area contributed by atoms with Gasteiger partial charge in [0.05, 0.1) is 23.6 Å². The second kappa shape index (κ2) is 8.04. The van der Waals surface area contributed by atoms with Crippen LogP contribution in [0.25, 0.3) is 0 Å². The molecule has 0 fully saturated rings. The minimum absolute atomic E-state index is 0.117. The summed E-state index contributed by atoms with van der Waals surface area (Å²) in [4.78, 5) is 23.2. The Hall–Kier alpha value is -2.84. The molecule has 10 heteroatoms. The van der Waals surface area contributed by atoms with Gasteiger partial charge in [0.2, 0.25) is 5.91 Å². The fraction of sp³-hybridized carbons (Fsp3) is 0.222. The molecule has 146 valence electrons. The summed E-state index contributed by atoms with van der Waals surface area (Å²) in [6, 6.07) is 6.61. The topological polar surface area (TPSA) is 102 Å². The molecular formula is C18H17Cl2N5O3. The Morgan fingerprint density at radius 2 is 1.82 bits per heavy atom. The number of rotatable bonds is 6. The van der Waals surface area contributed by atoms with Crippen LogP contribution in [0.2, 0.25) is 10.0 Å². The van der Waals surface area contributed by atoms with Crippen LogP contribution in [0.3, 0.4) is 0 Å². The number of amides is 1. The van der Waals surface area contributed by atoms with E-state index in [1.165, 1.54) is 16.9 Å². The fourth-order valence-corrected chi connectivity index (χ4v) is 3.27. The van der Waals surface area contributed by atoms with Crippen molar-refractivity contribution >= 4 is 40.8 Å². The number of nitrogens with zero attached hydrogens (tertiary/aromatic N) is 4. The number of carboxylic acid groups (broad SMARTS) is 1. The van der Waals surface area contributed by atoms with Crippen LogP contribution in [0.4, 0.5) is 5.69 Å². The number of benzene rings is 1. The molecule has 2 aromatic heterocycles. The van der Waals surface area contributed by atoms with E-state index in [4.69, 9.17) is 28.3 Å². The number of aromatic carboxylic acids is 1. The molecule has 3 rings (SSSR count). The molecule has 0 radical (unpaired) electrons. The molecule has 0 atom stereocenters. The van der Waals surface area contributed by atoms with Gasteiger partial charge in [-0.05, 0) is 32.0 Å². The van der Waals surface area contributed by atoms with E-state index < -0.39 is 5.97 Å². The highest BCUT2D eigenvalue weighted by molar-refractivity contribution is 6.35. The molecule has 2 N–H and O–H groups in total. The molecule has 8 nitrogen and oxygen atoms in total. The first-order valence-electron chi connectivity index (χ1n) is 8.29. The van der Waals surface area contributed by atoms with Gasteiger partial charge in [0.1, 0.15) is 6.54 Å². The fourth-order valence-electron chi connectivity index (χ4n) is 2.75. The molecule has 1 aromatic carbocycles. The highest BCUT2D eigenvalue weighted by Gasteiger charge is 2.17. The van der Waals surface area contributed by atoms with E-state index in [2.05, 4.69) is 15.5 Å². The summed E-state index contributed by atoms with van der Waals surface area (Å²) in [5.74, 6) is -1.49. The summed E-state index contributed by atoms with van der Waals surface area (Å²) >= 11 is 12.5. The lowest BCUT2D eigenvalue weighted by molar-refractivity contribution is -0.116. The zero-order valence-corrected chi connectivity index (χ0v) is 16.6. The first-order valence-corrected chi connectivity index (χ1v) is 9.05. The van der Waals surface area contributed by atoms with E-state index in [-0.39, 0.29) is 18.1 Å². The summed E-state index contributed by atoms with van der Waals surface area (Å²) in [6.45, 7) is 3.86. The molecule has 0 bridgehead atoms. The van der Waals surface area contributed by atoms with Crippen LogP contribution in [0, 0.1) is 13.8 Å². The van der Waals surface area contributed by atoms with Crippen LogP contribution in [-0.2, 0) is 17.9 Å². The molecule has 0 saturated carbocycles. The minimum atomic E-state index is -1.15. The Morgan fingerprint density at radius 3 is 2.43 bits per heavy atom. The zero-order chi connectivity index (χ0) is 20.4. The van der Waals surface area contributed by atoms with Gasteiger partial charge in [0, 0.05) is 21.8 Å². The standard InChI is InChI=1S/C18H17Cl2N5O3/c1-10-17(21-16(26)9-24-7-6-15(23-24)18(27)28)11(2)25(22-10)8-12-13(19)4-3-5-14(12)20/h3-7H,8-9H2,1-2H3,(H,21,26)(H,27,28). The third kappa shape index (κ3) is 4.18. The predicted molar refractivity (Wildman–Crippen MR) is 105 cm³/mol. The van der Waals surface area contributed by atoms with E-state index in [0.717, 1.165) is 11.3 Å². The molecule has 0 spiro atoms. The SMILES string of the molecule is Cc1nn(Cc2c(Cl)cccc2Cl)c(C)c1NC(=O)Cn1ccc(C(=O)O)n1. The molecule has 0 unspecified atom stereocenters. The lowest BCUT2D eigenvalue weighted by Crippen LogP contribution is -2.20. The van der Waals surface area contributed by atoms with Crippen LogP contribution in [0.1, 0.15) is 27.4 Å². The van der Waals surface area contributed by atoms with Crippen molar-refractivity contribution in [3.05, 3.63) is 63.2 Å². The maximum Gasteiger partial charge on any atom is 0.356 e. The Balaban J connectivity index is 1.76. The molecule has 3 aromatic rings. The largest absolute Gasteiger partial charge is 0.476 e. The van der Waals surface area contributed by atoms with Crippen molar-refractivity contribution in [2.75, 3.05) is 5.32 Å². The number of nitrogens with one attached hydrogen (secondary N) is 1. The molecule has 0 aliphatic heterocycles.